The highest BCUT2D eigenvalue weighted by molar-refractivity contribution is 6.39. The van der Waals surface area contributed by atoms with Gasteiger partial charge in [-0.05, 0) is 44.4 Å². The lowest BCUT2D eigenvalue weighted by Crippen LogP contribution is -2.53. The van der Waals surface area contributed by atoms with Crippen LogP contribution >= 0.6 is 23.2 Å². The van der Waals surface area contributed by atoms with Crippen LogP contribution in [0.3, 0.4) is 0 Å². The first-order valence-corrected chi connectivity index (χ1v) is 11.7. The molecule has 0 saturated carbocycles. The van der Waals surface area contributed by atoms with Crippen molar-refractivity contribution >= 4 is 40.9 Å². The molecule has 2 aromatic rings. The van der Waals surface area contributed by atoms with Crippen LogP contribution in [0.5, 0.6) is 11.5 Å². The Morgan fingerprint density at radius 1 is 1.20 bits per heavy atom. The van der Waals surface area contributed by atoms with Crippen LogP contribution in [0.4, 0.5) is 10.5 Å². The highest BCUT2D eigenvalue weighted by Crippen LogP contribution is 2.52. The molecule has 2 aliphatic heterocycles. The number of pyridine rings is 1. The number of rotatable bonds is 4. The average Bonchev–Trinajstić information content (AvgIpc) is 3.15. The maximum atomic E-state index is 13.3. The third-order valence-electron chi connectivity index (χ3n) is 6.13. The molecule has 1 fully saturated rings. The summed E-state index contributed by atoms with van der Waals surface area (Å²) in [5, 5.41) is 11.4. The number of aromatic nitrogens is 1. The molecule has 10 nitrogen and oxygen atoms in total. The van der Waals surface area contributed by atoms with Gasteiger partial charge in [0.1, 0.15) is 11.8 Å². The zero-order chi connectivity index (χ0) is 25.7. The number of fused-ring (bicyclic) bond motifs is 1. The summed E-state index contributed by atoms with van der Waals surface area (Å²) in [5.41, 5.74) is 1.13. The summed E-state index contributed by atoms with van der Waals surface area (Å²) in [6.07, 6.45) is -0.679. The summed E-state index contributed by atoms with van der Waals surface area (Å²) < 4.78 is 17.9. The van der Waals surface area contributed by atoms with Crippen LogP contribution in [0.25, 0.3) is 0 Å². The third-order valence-corrected chi connectivity index (χ3v) is 6.79. The number of carbonyl (C=O) groups excluding carboxylic acids is 1. The molecular weight excluding hydrogens is 501 g/mol. The molecule has 0 bridgehead atoms. The minimum atomic E-state index is -1.29. The van der Waals surface area contributed by atoms with Gasteiger partial charge in [-0.15, -0.1) is 0 Å². The Morgan fingerprint density at radius 3 is 2.49 bits per heavy atom. The van der Waals surface area contributed by atoms with Crippen molar-refractivity contribution in [1.82, 2.24) is 10.3 Å². The van der Waals surface area contributed by atoms with Crippen LogP contribution in [0, 0.1) is 13.8 Å². The van der Waals surface area contributed by atoms with Crippen molar-refractivity contribution in [3.63, 3.8) is 0 Å². The lowest BCUT2D eigenvalue weighted by molar-refractivity contribution is -0.185. The minimum absolute atomic E-state index is 0.00704. The van der Waals surface area contributed by atoms with Crippen molar-refractivity contribution < 1.29 is 28.9 Å². The lowest BCUT2D eigenvalue weighted by Gasteiger charge is -2.37. The topological polar surface area (TPSA) is 130 Å². The first-order chi connectivity index (χ1) is 16.4. The number of aryl methyl sites for hydroxylation is 2. The van der Waals surface area contributed by atoms with Crippen molar-refractivity contribution in [3.8, 4) is 11.5 Å². The number of halogens is 2. The van der Waals surface area contributed by atoms with Gasteiger partial charge in [-0.1, -0.05) is 23.2 Å². The molecule has 1 aromatic heterocycles. The maximum Gasteiger partial charge on any atom is 0.404 e. The van der Waals surface area contributed by atoms with Gasteiger partial charge in [-0.25, -0.2) is 4.79 Å². The molecule has 0 spiro atoms. The number of amides is 2. The molecule has 2 amide bonds. The van der Waals surface area contributed by atoms with Crippen LogP contribution in [-0.4, -0.2) is 53.7 Å². The largest absolute Gasteiger partial charge is 0.465 e. The van der Waals surface area contributed by atoms with E-state index in [-0.39, 0.29) is 45.4 Å². The summed E-state index contributed by atoms with van der Waals surface area (Å²) in [5.74, 6) is -1.56. The smallest absolute Gasteiger partial charge is 0.404 e. The first-order valence-electron chi connectivity index (χ1n) is 10.9. The highest BCUT2D eigenvalue weighted by Gasteiger charge is 2.49. The van der Waals surface area contributed by atoms with Crippen LogP contribution in [0.15, 0.2) is 16.9 Å². The Bertz CT molecular complexity index is 1260. The van der Waals surface area contributed by atoms with Gasteiger partial charge < -0.3 is 34.5 Å². The van der Waals surface area contributed by atoms with Crippen LogP contribution in [0.1, 0.15) is 41.4 Å². The average molecular weight is 526 g/mol. The molecule has 1 saturated heterocycles. The maximum absolute atomic E-state index is 13.3. The SMILES string of the molecule is Cc1cc(C)c(N(C)C(=O)c2cc(Cl)c3c(c2Cl)OC(C)([C@@H]2CC[C@@H](NC(=O)O)CO2)O3)c(=O)[nH]1. The Morgan fingerprint density at radius 2 is 1.89 bits per heavy atom. The number of benzene rings is 1. The van der Waals surface area contributed by atoms with E-state index >= 15 is 0 Å². The molecule has 0 radical (unpaired) electrons. The Kier molecular flexibility index (Phi) is 6.65. The zero-order valence-corrected chi connectivity index (χ0v) is 21.0. The third kappa shape index (κ3) is 4.65. The fourth-order valence-electron chi connectivity index (χ4n) is 4.48. The van der Waals surface area contributed by atoms with E-state index in [0.717, 1.165) is 0 Å². The number of hydrogen-bond acceptors (Lipinski definition) is 6. The van der Waals surface area contributed by atoms with Gasteiger partial charge >= 0.3 is 6.09 Å². The molecule has 188 valence electrons. The van der Waals surface area contributed by atoms with Crippen molar-refractivity contribution in [3.05, 3.63) is 49.4 Å². The van der Waals surface area contributed by atoms with Gasteiger partial charge in [-0.2, -0.15) is 0 Å². The molecular formula is C23H25Cl2N3O7. The van der Waals surface area contributed by atoms with Gasteiger partial charge in [0.05, 0.1) is 28.3 Å². The van der Waals surface area contributed by atoms with Crippen LogP contribution in [0.2, 0.25) is 10.0 Å². The van der Waals surface area contributed by atoms with Crippen molar-refractivity contribution in [2.24, 2.45) is 0 Å². The van der Waals surface area contributed by atoms with Gasteiger partial charge in [0, 0.05) is 19.7 Å². The van der Waals surface area contributed by atoms with Gasteiger partial charge in [0.15, 0.2) is 11.5 Å². The normalized spacial score (nSPS) is 23.1. The molecule has 12 heteroatoms. The minimum Gasteiger partial charge on any atom is -0.465 e. The van der Waals surface area contributed by atoms with E-state index in [2.05, 4.69) is 10.3 Å². The molecule has 4 rings (SSSR count). The van der Waals surface area contributed by atoms with Crippen molar-refractivity contribution in [2.45, 2.75) is 51.5 Å². The van der Waals surface area contributed by atoms with Crippen molar-refractivity contribution in [2.75, 3.05) is 18.6 Å². The lowest BCUT2D eigenvalue weighted by atomic mass is 9.99. The molecule has 3 N–H and O–H groups in total. The van der Waals surface area contributed by atoms with E-state index in [1.807, 2.05) is 0 Å². The van der Waals surface area contributed by atoms with E-state index in [1.165, 1.54) is 18.0 Å². The fraction of sp³-hybridized carbons (Fsp3) is 0.435. The van der Waals surface area contributed by atoms with Crippen molar-refractivity contribution in [1.29, 1.82) is 0 Å². The predicted molar refractivity (Wildman–Crippen MR) is 129 cm³/mol. The van der Waals surface area contributed by atoms with E-state index in [1.54, 1.807) is 26.8 Å². The monoisotopic (exact) mass is 525 g/mol. The number of H-pyrrole nitrogens is 1. The number of carbonyl (C=O) groups is 2. The van der Waals surface area contributed by atoms with E-state index in [0.29, 0.717) is 24.1 Å². The van der Waals surface area contributed by atoms with Crippen LogP contribution < -0.4 is 25.2 Å². The van der Waals surface area contributed by atoms with E-state index in [4.69, 9.17) is 42.5 Å². The Balaban J connectivity index is 1.59. The number of aromatic amines is 1. The van der Waals surface area contributed by atoms with Gasteiger partial charge in [0.25, 0.3) is 17.3 Å². The zero-order valence-electron chi connectivity index (χ0n) is 19.5. The van der Waals surface area contributed by atoms with Gasteiger partial charge in [0.2, 0.25) is 0 Å². The summed E-state index contributed by atoms with van der Waals surface area (Å²) in [6, 6.07) is 2.81. The van der Waals surface area contributed by atoms with Crippen LogP contribution in [-0.2, 0) is 4.74 Å². The molecule has 3 heterocycles. The molecule has 35 heavy (non-hydrogen) atoms. The van der Waals surface area contributed by atoms with E-state index < -0.39 is 29.5 Å². The number of nitrogens with zero attached hydrogens (tertiary/aromatic N) is 1. The number of hydrogen-bond donors (Lipinski definition) is 3. The second-order valence-corrected chi connectivity index (χ2v) is 9.61. The molecule has 0 aliphatic carbocycles. The predicted octanol–water partition coefficient (Wildman–Crippen LogP) is 3.88. The molecule has 1 unspecified atom stereocenters. The highest BCUT2D eigenvalue weighted by atomic mass is 35.5. The second kappa shape index (κ2) is 9.25. The van der Waals surface area contributed by atoms with E-state index in [9.17, 15) is 14.4 Å². The molecule has 3 atom stereocenters. The summed E-state index contributed by atoms with van der Waals surface area (Å²) in [7, 11) is 1.48. The number of ether oxygens (including phenoxy) is 3. The first kappa shape index (κ1) is 25.2. The number of anilines is 1. The number of carboxylic acid groups (broad SMARTS) is 1. The second-order valence-electron chi connectivity index (χ2n) is 8.82. The molecule has 2 aliphatic rings. The fourth-order valence-corrected chi connectivity index (χ4v) is 4.98. The molecule has 1 aromatic carbocycles. The Labute approximate surface area is 211 Å². The quantitative estimate of drug-likeness (QED) is 0.551. The number of nitrogens with one attached hydrogen (secondary N) is 2. The van der Waals surface area contributed by atoms with Gasteiger partial charge in [-0.3, -0.25) is 9.59 Å². The summed E-state index contributed by atoms with van der Waals surface area (Å²) >= 11 is 13.0. The summed E-state index contributed by atoms with van der Waals surface area (Å²) in [4.78, 5) is 40.6. The summed E-state index contributed by atoms with van der Waals surface area (Å²) in [6.45, 7) is 5.31. The standard InChI is InChI=1S/C23H25Cl2N3O7/c1-10-7-11(2)26-20(29)17(10)28(4)21(30)13-8-14(24)18-19(16(13)25)35-23(3,34-18)15-6-5-12(9-33-15)27-22(31)32/h7-8,12,15,27H,5-6,9H2,1-4H3,(H,26,29)(H,31,32)/t12-,15+,23?/m1/s1. The Hall–Kier alpha value is -2.95.